The van der Waals surface area contributed by atoms with Crippen molar-refractivity contribution in [3.8, 4) is 5.75 Å². The molecule has 2 aromatic carbocycles. The molecule has 2 heteroatoms. The number of hydrogen-bond acceptors (Lipinski definition) is 2. The molecular formula is C24H33NO. The van der Waals surface area contributed by atoms with Gasteiger partial charge in [-0.15, -0.1) is 0 Å². The van der Waals surface area contributed by atoms with E-state index in [4.69, 9.17) is 4.74 Å². The molecule has 0 heterocycles. The zero-order valence-electron chi connectivity index (χ0n) is 16.4. The summed E-state index contributed by atoms with van der Waals surface area (Å²) in [5.41, 5.74) is 3.42. The zero-order chi connectivity index (χ0) is 18.5. The van der Waals surface area contributed by atoms with Gasteiger partial charge in [0, 0.05) is 11.8 Å². The second-order valence-corrected chi connectivity index (χ2v) is 6.83. The number of nitrogens with zero attached hydrogens (tertiary/aromatic N) is 1. The lowest BCUT2D eigenvalue weighted by Crippen LogP contribution is -1.98. The molecule has 0 unspecified atom stereocenters. The second kappa shape index (κ2) is 12.3. The summed E-state index contributed by atoms with van der Waals surface area (Å²) in [5, 5.41) is 0. The van der Waals surface area contributed by atoms with Gasteiger partial charge in [-0.3, -0.25) is 4.99 Å². The Morgan fingerprint density at radius 2 is 1.54 bits per heavy atom. The van der Waals surface area contributed by atoms with Crippen LogP contribution >= 0.6 is 0 Å². The van der Waals surface area contributed by atoms with Gasteiger partial charge in [-0.2, -0.15) is 0 Å². The predicted octanol–water partition coefficient (Wildman–Crippen LogP) is 7.13. The van der Waals surface area contributed by atoms with Crippen molar-refractivity contribution in [1.82, 2.24) is 0 Å². The number of hydrogen-bond donors (Lipinski definition) is 0. The molecule has 0 radical (unpaired) electrons. The Hall–Kier alpha value is -2.09. The fraction of sp³-hybridized carbons (Fsp3) is 0.458. The van der Waals surface area contributed by atoms with Crippen LogP contribution in [0.25, 0.3) is 0 Å². The highest BCUT2D eigenvalue weighted by atomic mass is 16.5. The van der Waals surface area contributed by atoms with E-state index >= 15 is 0 Å². The molecule has 26 heavy (non-hydrogen) atoms. The predicted molar refractivity (Wildman–Crippen MR) is 113 cm³/mol. The SMILES string of the molecule is CCCCCCCCc1ccc(/N=C\c2ccccc2OCCC)cc1. The molecule has 0 bridgehead atoms. The first kappa shape index (κ1) is 20.2. The summed E-state index contributed by atoms with van der Waals surface area (Å²) in [6, 6.07) is 16.7. The molecule has 0 aromatic heterocycles. The minimum Gasteiger partial charge on any atom is -0.493 e. The molecule has 2 nitrogen and oxygen atoms in total. The van der Waals surface area contributed by atoms with Crippen LogP contribution < -0.4 is 4.74 Å². The van der Waals surface area contributed by atoms with E-state index < -0.39 is 0 Å². The quantitative estimate of drug-likeness (QED) is 0.294. The van der Waals surface area contributed by atoms with Crippen LogP contribution in [0.15, 0.2) is 53.5 Å². The normalized spacial score (nSPS) is 11.2. The highest BCUT2D eigenvalue weighted by Crippen LogP contribution is 2.19. The maximum atomic E-state index is 5.78. The minimum absolute atomic E-state index is 0.734. The smallest absolute Gasteiger partial charge is 0.128 e. The van der Waals surface area contributed by atoms with Gasteiger partial charge in [-0.05, 0) is 49.1 Å². The molecule has 0 amide bonds. The molecule has 0 atom stereocenters. The fourth-order valence-corrected chi connectivity index (χ4v) is 2.93. The molecule has 2 aromatic rings. The van der Waals surface area contributed by atoms with Gasteiger partial charge in [-0.25, -0.2) is 0 Å². The van der Waals surface area contributed by atoms with Crippen LogP contribution in [0.5, 0.6) is 5.75 Å². The highest BCUT2D eigenvalue weighted by molar-refractivity contribution is 5.85. The van der Waals surface area contributed by atoms with Crippen LogP contribution in [0.4, 0.5) is 5.69 Å². The number of para-hydroxylation sites is 1. The van der Waals surface area contributed by atoms with E-state index in [-0.39, 0.29) is 0 Å². The van der Waals surface area contributed by atoms with E-state index in [1.165, 1.54) is 50.5 Å². The summed E-state index contributed by atoms with van der Waals surface area (Å²) in [6.07, 6.45) is 12.1. The van der Waals surface area contributed by atoms with E-state index in [1.807, 2.05) is 30.5 Å². The van der Waals surface area contributed by atoms with Crippen molar-refractivity contribution in [2.75, 3.05) is 6.61 Å². The first-order valence-electron chi connectivity index (χ1n) is 10.2. The zero-order valence-corrected chi connectivity index (χ0v) is 16.4. The summed E-state index contributed by atoms with van der Waals surface area (Å²) >= 11 is 0. The Labute approximate surface area is 159 Å². The first-order valence-corrected chi connectivity index (χ1v) is 10.2. The van der Waals surface area contributed by atoms with Gasteiger partial charge in [-0.1, -0.05) is 70.2 Å². The van der Waals surface area contributed by atoms with E-state index in [0.29, 0.717) is 0 Å². The molecule has 0 aliphatic rings. The Kier molecular flexibility index (Phi) is 9.56. The van der Waals surface area contributed by atoms with E-state index in [1.54, 1.807) is 0 Å². The first-order chi connectivity index (χ1) is 12.8. The molecule has 140 valence electrons. The Morgan fingerprint density at radius 3 is 2.31 bits per heavy atom. The van der Waals surface area contributed by atoms with Gasteiger partial charge in [0.05, 0.1) is 12.3 Å². The van der Waals surface area contributed by atoms with Crippen molar-refractivity contribution in [2.24, 2.45) is 4.99 Å². The third-order valence-corrected chi connectivity index (χ3v) is 4.49. The largest absolute Gasteiger partial charge is 0.493 e. The van der Waals surface area contributed by atoms with E-state index in [9.17, 15) is 0 Å². The number of aryl methyl sites for hydroxylation is 1. The summed E-state index contributed by atoms with van der Waals surface area (Å²) < 4.78 is 5.78. The van der Waals surface area contributed by atoms with Gasteiger partial charge in [0.1, 0.15) is 5.75 Å². The number of ether oxygens (including phenoxy) is 1. The van der Waals surface area contributed by atoms with Crippen molar-refractivity contribution in [2.45, 2.75) is 65.2 Å². The molecule has 0 aliphatic heterocycles. The lowest BCUT2D eigenvalue weighted by Gasteiger charge is -2.07. The summed E-state index contributed by atoms with van der Waals surface area (Å²) in [7, 11) is 0. The number of benzene rings is 2. The summed E-state index contributed by atoms with van der Waals surface area (Å²) in [5.74, 6) is 0.901. The van der Waals surface area contributed by atoms with Gasteiger partial charge in [0.2, 0.25) is 0 Å². The minimum atomic E-state index is 0.734. The standard InChI is InChI=1S/C24H33NO/c1-3-5-6-7-8-9-12-21-15-17-23(18-16-21)25-20-22-13-10-11-14-24(22)26-19-4-2/h10-11,13-18,20H,3-9,12,19H2,1-2H3/b25-20-. The third kappa shape index (κ3) is 7.43. The van der Waals surface area contributed by atoms with Crippen molar-refractivity contribution in [3.63, 3.8) is 0 Å². The van der Waals surface area contributed by atoms with E-state index in [2.05, 4.69) is 43.1 Å². The summed E-state index contributed by atoms with van der Waals surface area (Å²) in [6.45, 7) is 5.11. The number of aliphatic imine (C=N–C) groups is 1. The van der Waals surface area contributed by atoms with Gasteiger partial charge in [0.15, 0.2) is 0 Å². The van der Waals surface area contributed by atoms with Crippen molar-refractivity contribution >= 4 is 11.9 Å². The monoisotopic (exact) mass is 351 g/mol. The highest BCUT2D eigenvalue weighted by Gasteiger charge is 2.00. The van der Waals surface area contributed by atoms with Crippen LogP contribution in [-0.2, 0) is 6.42 Å². The topological polar surface area (TPSA) is 21.6 Å². The third-order valence-electron chi connectivity index (χ3n) is 4.49. The maximum absolute atomic E-state index is 5.78. The number of unbranched alkanes of at least 4 members (excludes halogenated alkanes) is 5. The molecular weight excluding hydrogens is 318 g/mol. The molecule has 0 aliphatic carbocycles. The molecule has 0 spiro atoms. The Balaban J connectivity index is 1.84. The molecule has 0 N–H and O–H groups in total. The van der Waals surface area contributed by atoms with Crippen LogP contribution in [0.3, 0.4) is 0 Å². The van der Waals surface area contributed by atoms with E-state index in [0.717, 1.165) is 30.0 Å². The Bertz CT molecular complexity index is 646. The number of rotatable bonds is 12. The van der Waals surface area contributed by atoms with Crippen LogP contribution in [-0.4, -0.2) is 12.8 Å². The van der Waals surface area contributed by atoms with Crippen LogP contribution in [0, 0.1) is 0 Å². The van der Waals surface area contributed by atoms with Crippen molar-refractivity contribution < 1.29 is 4.74 Å². The molecule has 0 saturated heterocycles. The fourth-order valence-electron chi connectivity index (χ4n) is 2.93. The van der Waals surface area contributed by atoms with Crippen LogP contribution in [0.1, 0.15) is 69.9 Å². The second-order valence-electron chi connectivity index (χ2n) is 6.83. The lowest BCUT2D eigenvalue weighted by molar-refractivity contribution is 0.317. The molecule has 0 fully saturated rings. The molecule has 2 rings (SSSR count). The van der Waals surface area contributed by atoms with Gasteiger partial charge >= 0.3 is 0 Å². The molecule has 0 saturated carbocycles. The van der Waals surface area contributed by atoms with Crippen molar-refractivity contribution in [3.05, 3.63) is 59.7 Å². The van der Waals surface area contributed by atoms with Gasteiger partial charge < -0.3 is 4.74 Å². The van der Waals surface area contributed by atoms with Crippen molar-refractivity contribution in [1.29, 1.82) is 0 Å². The van der Waals surface area contributed by atoms with Gasteiger partial charge in [0.25, 0.3) is 0 Å². The lowest BCUT2D eigenvalue weighted by atomic mass is 10.0. The maximum Gasteiger partial charge on any atom is 0.128 e. The van der Waals surface area contributed by atoms with Crippen LogP contribution in [0.2, 0.25) is 0 Å². The Morgan fingerprint density at radius 1 is 0.808 bits per heavy atom. The average molecular weight is 352 g/mol. The summed E-state index contributed by atoms with van der Waals surface area (Å²) in [4.78, 5) is 4.61. The average Bonchev–Trinajstić information content (AvgIpc) is 2.69.